The molecule has 0 atom stereocenters. The van der Waals surface area contributed by atoms with Crippen molar-refractivity contribution in [1.29, 1.82) is 0 Å². The lowest BCUT2D eigenvalue weighted by molar-refractivity contribution is 1.02. The monoisotopic (exact) mass is 389 g/mol. The van der Waals surface area contributed by atoms with E-state index in [0.29, 0.717) is 6.54 Å². The Kier molecular flexibility index (Phi) is 4.07. The topological polar surface area (TPSA) is 29.3 Å². The minimum atomic E-state index is 0.689. The van der Waals surface area contributed by atoms with Crippen molar-refractivity contribution in [3.05, 3.63) is 89.0 Å². The van der Waals surface area contributed by atoms with Crippen LogP contribution < -0.4 is 5.32 Å². The molecule has 3 aromatic carbocycles. The van der Waals surface area contributed by atoms with E-state index in [9.17, 15) is 0 Å². The van der Waals surface area contributed by atoms with Gasteiger partial charge in [-0.05, 0) is 35.0 Å². The number of rotatable bonds is 4. The second-order valence-corrected chi connectivity index (χ2v) is 7.69. The van der Waals surface area contributed by atoms with E-state index in [-0.39, 0.29) is 0 Å². The van der Waals surface area contributed by atoms with E-state index in [0.717, 1.165) is 32.6 Å². The molecule has 0 amide bonds. The Bertz CT molecular complexity index is 1240. The molecule has 0 radical (unpaired) electrons. The van der Waals surface area contributed by atoms with Crippen molar-refractivity contribution in [2.45, 2.75) is 6.54 Å². The number of nitrogens with zero attached hydrogens (tertiary/aromatic N) is 2. The van der Waals surface area contributed by atoms with Crippen molar-refractivity contribution < 1.29 is 0 Å². The molecule has 3 nitrogen and oxygen atoms in total. The number of hydrogen-bond donors (Lipinski definition) is 1. The summed E-state index contributed by atoms with van der Waals surface area (Å²) in [6.45, 7) is 0.689. The maximum Gasteiger partial charge on any atom is 0.194 e. The lowest BCUT2D eigenvalue weighted by atomic mass is 10.1. The third kappa shape index (κ3) is 3.07. The molecule has 0 saturated carbocycles. The standard InChI is InChI=1S/C22H16ClN3S/c23-18-8-5-16(6-9-18)21-20(26-11-12-27-22(26)25-21)14-24-19-10-7-15-3-1-2-4-17(15)13-19/h1-13,24H,14H2. The number of benzene rings is 3. The fourth-order valence-corrected chi connectivity index (χ4v) is 4.18. The van der Waals surface area contributed by atoms with Gasteiger partial charge in [0.15, 0.2) is 4.96 Å². The number of imidazole rings is 1. The number of fused-ring (bicyclic) bond motifs is 2. The molecule has 5 rings (SSSR count). The summed E-state index contributed by atoms with van der Waals surface area (Å²) in [5.74, 6) is 0. The van der Waals surface area contributed by atoms with Crippen LogP contribution in [-0.2, 0) is 6.54 Å². The molecule has 0 aliphatic carbocycles. The lowest BCUT2D eigenvalue weighted by Gasteiger charge is -2.09. The van der Waals surface area contributed by atoms with Crippen molar-refractivity contribution in [2.24, 2.45) is 0 Å². The van der Waals surface area contributed by atoms with Crippen molar-refractivity contribution in [3.63, 3.8) is 0 Å². The summed E-state index contributed by atoms with van der Waals surface area (Å²) in [7, 11) is 0. The molecule has 0 spiro atoms. The van der Waals surface area contributed by atoms with Gasteiger partial charge < -0.3 is 5.32 Å². The third-order valence-electron chi connectivity index (χ3n) is 4.69. The number of anilines is 1. The van der Waals surface area contributed by atoms with Gasteiger partial charge in [-0.2, -0.15) is 0 Å². The van der Waals surface area contributed by atoms with Gasteiger partial charge in [-0.15, -0.1) is 11.3 Å². The average molecular weight is 390 g/mol. The molecule has 2 aromatic heterocycles. The molecule has 132 valence electrons. The fourth-order valence-electron chi connectivity index (χ4n) is 3.33. The Hall–Kier alpha value is -2.82. The molecule has 5 aromatic rings. The SMILES string of the molecule is Clc1ccc(-c2nc3sccn3c2CNc2ccc3ccccc3c2)cc1. The summed E-state index contributed by atoms with van der Waals surface area (Å²) < 4.78 is 2.16. The summed E-state index contributed by atoms with van der Waals surface area (Å²) in [5, 5.41) is 8.83. The van der Waals surface area contributed by atoms with Crippen LogP contribution in [0.15, 0.2) is 78.3 Å². The second kappa shape index (κ2) is 6.72. The van der Waals surface area contributed by atoms with Crippen LogP contribution in [0.2, 0.25) is 5.02 Å². The van der Waals surface area contributed by atoms with E-state index in [4.69, 9.17) is 16.6 Å². The van der Waals surface area contributed by atoms with Crippen molar-refractivity contribution in [3.8, 4) is 11.3 Å². The predicted octanol–water partition coefficient (Wildman–Crippen LogP) is 6.48. The maximum absolute atomic E-state index is 6.05. The second-order valence-electron chi connectivity index (χ2n) is 6.39. The summed E-state index contributed by atoms with van der Waals surface area (Å²) in [4.78, 5) is 5.83. The normalized spacial score (nSPS) is 11.3. The van der Waals surface area contributed by atoms with Crippen LogP contribution in [-0.4, -0.2) is 9.38 Å². The summed E-state index contributed by atoms with van der Waals surface area (Å²) in [6, 6.07) is 22.7. The molecular formula is C22H16ClN3S. The zero-order valence-electron chi connectivity index (χ0n) is 14.4. The zero-order chi connectivity index (χ0) is 18.2. The first-order valence-corrected chi connectivity index (χ1v) is 9.97. The van der Waals surface area contributed by atoms with Gasteiger partial charge in [0, 0.05) is 27.9 Å². The Balaban J connectivity index is 1.50. The molecule has 1 N–H and O–H groups in total. The highest BCUT2D eigenvalue weighted by Crippen LogP contribution is 2.29. The molecule has 0 bridgehead atoms. The van der Waals surface area contributed by atoms with Crippen LogP contribution in [0.25, 0.3) is 27.0 Å². The summed E-state index contributed by atoms with van der Waals surface area (Å²) in [5.41, 5.74) is 4.31. The zero-order valence-corrected chi connectivity index (χ0v) is 16.0. The maximum atomic E-state index is 6.05. The van der Waals surface area contributed by atoms with E-state index >= 15 is 0 Å². The van der Waals surface area contributed by atoms with Crippen LogP contribution in [0, 0.1) is 0 Å². The van der Waals surface area contributed by atoms with Crippen LogP contribution in [0.1, 0.15) is 5.69 Å². The van der Waals surface area contributed by atoms with E-state index in [1.54, 1.807) is 11.3 Å². The molecule has 2 heterocycles. The van der Waals surface area contributed by atoms with Gasteiger partial charge in [0.05, 0.1) is 17.9 Å². The minimum Gasteiger partial charge on any atom is -0.379 e. The van der Waals surface area contributed by atoms with E-state index in [1.807, 2.05) is 24.3 Å². The highest BCUT2D eigenvalue weighted by atomic mass is 35.5. The van der Waals surface area contributed by atoms with E-state index in [2.05, 4.69) is 63.8 Å². The molecule has 0 aliphatic heterocycles. The van der Waals surface area contributed by atoms with E-state index in [1.165, 1.54) is 10.8 Å². The molecule has 0 unspecified atom stereocenters. The predicted molar refractivity (Wildman–Crippen MR) is 115 cm³/mol. The largest absolute Gasteiger partial charge is 0.379 e. The van der Waals surface area contributed by atoms with Gasteiger partial charge in [0.25, 0.3) is 0 Å². The Morgan fingerprint density at radius 1 is 0.963 bits per heavy atom. The van der Waals surface area contributed by atoms with Crippen LogP contribution in [0.5, 0.6) is 0 Å². The third-order valence-corrected chi connectivity index (χ3v) is 5.70. The number of thiazole rings is 1. The quantitative estimate of drug-likeness (QED) is 0.381. The van der Waals surface area contributed by atoms with E-state index < -0.39 is 0 Å². The molecule has 0 aliphatic rings. The highest BCUT2D eigenvalue weighted by Gasteiger charge is 2.14. The van der Waals surface area contributed by atoms with Crippen molar-refractivity contribution in [2.75, 3.05) is 5.32 Å². The fraction of sp³-hybridized carbons (Fsp3) is 0.0455. The van der Waals surface area contributed by atoms with Crippen LogP contribution in [0.3, 0.4) is 0 Å². The van der Waals surface area contributed by atoms with Gasteiger partial charge in [-0.25, -0.2) is 4.98 Å². The molecule has 5 heteroatoms. The lowest BCUT2D eigenvalue weighted by Crippen LogP contribution is -2.03. The summed E-state index contributed by atoms with van der Waals surface area (Å²) in [6.07, 6.45) is 2.07. The van der Waals surface area contributed by atoms with Gasteiger partial charge in [0.2, 0.25) is 0 Å². The van der Waals surface area contributed by atoms with Crippen molar-refractivity contribution in [1.82, 2.24) is 9.38 Å². The molecule has 0 saturated heterocycles. The first-order valence-electron chi connectivity index (χ1n) is 8.71. The van der Waals surface area contributed by atoms with Crippen LogP contribution in [0.4, 0.5) is 5.69 Å². The Labute approximate surface area is 165 Å². The molecule has 27 heavy (non-hydrogen) atoms. The molecule has 0 fully saturated rings. The number of halogens is 1. The van der Waals surface area contributed by atoms with Crippen LogP contribution >= 0.6 is 22.9 Å². The Morgan fingerprint density at radius 3 is 2.63 bits per heavy atom. The number of nitrogens with one attached hydrogen (secondary N) is 1. The number of aromatic nitrogens is 2. The number of hydrogen-bond acceptors (Lipinski definition) is 3. The van der Waals surface area contributed by atoms with Gasteiger partial charge in [0.1, 0.15) is 0 Å². The minimum absolute atomic E-state index is 0.689. The van der Waals surface area contributed by atoms with Crippen molar-refractivity contribution >= 4 is 44.4 Å². The smallest absolute Gasteiger partial charge is 0.194 e. The Morgan fingerprint density at radius 2 is 1.78 bits per heavy atom. The van der Waals surface area contributed by atoms with Gasteiger partial charge in [-0.3, -0.25) is 4.40 Å². The van der Waals surface area contributed by atoms with Gasteiger partial charge in [-0.1, -0.05) is 54.1 Å². The van der Waals surface area contributed by atoms with Gasteiger partial charge >= 0.3 is 0 Å². The molecular weight excluding hydrogens is 374 g/mol. The first kappa shape index (κ1) is 16.4. The summed E-state index contributed by atoms with van der Waals surface area (Å²) >= 11 is 7.69. The highest BCUT2D eigenvalue weighted by molar-refractivity contribution is 7.15. The average Bonchev–Trinajstić information content (AvgIpc) is 3.28. The first-order chi connectivity index (χ1) is 13.3.